The van der Waals surface area contributed by atoms with E-state index in [1.807, 2.05) is 0 Å². The van der Waals surface area contributed by atoms with Gasteiger partial charge in [-0.05, 0) is 56.3 Å². The molecule has 0 saturated heterocycles. The number of aliphatic hydroxyl groups is 1. The molecule has 2 heteroatoms. The highest BCUT2D eigenvalue weighted by Crippen LogP contribution is 2.47. The lowest BCUT2D eigenvalue weighted by Crippen LogP contribution is -2.47. The first-order chi connectivity index (χ1) is 8.59. The van der Waals surface area contributed by atoms with E-state index in [1.54, 1.807) is 0 Å². The molecule has 0 aromatic carbocycles. The minimum absolute atomic E-state index is 0.0421. The average Bonchev–Trinajstić information content (AvgIpc) is 2.91. The van der Waals surface area contributed by atoms with Crippen LogP contribution in [0, 0.1) is 23.2 Å². The van der Waals surface area contributed by atoms with Gasteiger partial charge in [-0.25, -0.2) is 0 Å². The van der Waals surface area contributed by atoms with Crippen LogP contribution >= 0.6 is 0 Å². The molecule has 0 aromatic rings. The predicted octanol–water partition coefficient (Wildman–Crippen LogP) is 3.33. The molecule has 2 aliphatic rings. The van der Waals surface area contributed by atoms with Gasteiger partial charge in [-0.1, -0.05) is 26.7 Å². The highest BCUT2D eigenvalue weighted by Gasteiger charge is 2.44. The number of hydrogen-bond acceptors (Lipinski definition) is 2. The van der Waals surface area contributed by atoms with Crippen LogP contribution in [0.25, 0.3) is 0 Å². The van der Waals surface area contributed by atoms with Crippen molar-refractivity contribution in [3.8, 4) is 0 Å². The molecule has 2 fully saturated rings. The van der Waals surface area contributed by atoms with Crippen molar-refractivity contribution in [2.24, 2.45) is 28.9 Å². The van der Waals surface area contributed by atoms with Crippen molar-refractivity contribution in [3.05, 3.63) is 0 Å². The van der Waals surface area contributed by atoms with Crippen molar-refractivity contribution in [2.75, 3.05) is 6.54 Å². The van der Waals surface area contributed by atoms with E-state index in [0.717, 1.165) is 24.7 Å². The van der Waals surface area contributed by atoms with E-state index in [-0.39, 0.29) is 11.5 Å². The highest BCUT2D eigenvalue weighted by molar-refractivity contribution is 4.96. The Morgan fingerprint density at radius 2 is 1.61 bits per heavy atom. The molecule has 2 saturated carbocycles. The molecule has 2 rings (SSSR count). The summed E-state index contributed by atoms with van der Waals surface area (Å²) in [6.45, 7) is 5.33. The van der Waals surface area contributed by atoms with E-state index in [4.69, 9.17) is 5.73 Å². The summed E-state index contributed by atoms with van der Waals surface area (Å²) in [5, 5.41) is 10.8. The summed E-state index contributed by atoms with van der Waals surface area (Å²) >= 11 is 0. The Hall–Kier alpha value is -0.0800. The Bertz CT molecular complexity index is 250. The van der Waals surface area contributed by atoms with E-state index >= 15 is 0 Å². The van der Waals surface area contributed by atoms with E-state index in [2.05, 4.69) is 13.8 Å². The van der Waals surface area contributed by atoms with Crippen LogP contribution in [-0.2, 0) is 0 Å². The Morgan fingerprint density at radius 3 is 2.06 bits per heavy atom. The topological polar surface area (TPSA) is 46.2 Å². The maximum Gasteiger partial charge on any atom is 0.0636 e. The first kappa shape index (κ1) is 14.3. The van der Waals surface area contributed by atoms with E-state index in [9.17, 15) is 5.11 Å². The van der Waals surface area contributed by atoms with Crippen molar-refractivity contribution >= 4 is 0 Å². The molecule has 2 nitrogen and oxygen atoms in total. The van der Waals surface area contributed by atoms with Crippen LogP contribution in [0.4, 0.5) is 0 Å². The normalized spacial score (nSPS) is 36.2. The van der Waals surface area contributed by atoms with Gasteiger partial charge in [0.15, 0.2) is 0 Å². The fourth-order valence-electron chi connectivity index (χ4n) is 4.28. The Kier molecular flexibility index (Phi) is 4.71. The molecule has 18 heavy (non-hydrogen) atoms. The molecule has 0 amide bonds. The van der Waals surface area contributed by atoms with Gasteiger partial charge in [0, 0.05) is 12.0 Å². The summed E-state index contributed by atoms with van der Waals surface area (Å²) in [6, 6.07) is 0. The highest BCUT2D eigenvalue weighted by atomic mass is 16.3. The maximum atomic E-state index is 10.8. The Labute approximate surface area is 112 Å². The van der Waals surface area contributed by atoms with Gasteiger partial charge in [0.1, 0.15) is 0 Å². The smallest absolute Gasteiger partial charge is 0.0636 e. The molecule has 0 aliphatic heterocycles. The Morgan fingerprint density at radius 1 is 1.06 bits per heavy atom. The van der Waals surface area contributed by atoms with Crippen molar-refractivity contribution < 1.29 is 5.11 Å². The van der Waals surface area contributed by atoms with Crippen LogP contribution < -0.4 is 5.73 Å². The van der Waals surface area contributed by atoms with E-state index < -0.39 is 0 Å². The summed E-state index contributed by atoms with van der Waals surface area (Å²) in [7, 11) is 0. The zero-order chi connectivity index (χ0) is 13.2. The molecule has 2 aliphatic carbocycles. The zero-order valence-electron chi connectivity index (χ0n) is 12.2. The molecule has 0 radical (unpaired) electrons. The van der Waals surface area contributed by atoms with Crippen LogP contribution in [0.1, 0.15) is 65.2 Å². The van der Waals surface area contributed by atoms with Gasteiger partial charge in [-0.3, -0.25) is 0 Å². The number of aliphatic hydroxyl groups excluding tert-OH is 1. The standard InChI is InChI=1S/C16H31NO/c1-12(2)13-7-9-16(11-17,10-8-13)15(18)14-5-3-4-6-14/h12-15,18H,3-11,17H2,1-2H3. The summed E-state index contributed by atoms with van der Waals surface area (Å²) in [5.41, 5.74) is 6.11. The summed E-state index contributed by atoms with van der Waals surface area (Å²) in [5.74, 6) is 2.16. The molecule has 106 valence electrons. The summed E-state index contributed by atoms with van der Waals surface area (Å²) in [4.78, 5) is 0. The summed E-state index contributed by atoms with van der Waals surface area (Å²) < 4.78 is 0. The SMILES string of the molecule is CC(C)C1CCC(CN)(C(O)C2CCCC2)CC1. The largest absolute Gasteiger partial charge is 0.392 e. The number of nitrogens with two attached hydrogens (primary N) is 1. The minimum atomic E-state index is -0.141. The van der Waals surface area contributed by atoms with Gasteiger partial charge in [-0.15, -0.1) is 0 Å². The van der Waals surface area contributed by atoms with Crippen LogP contribution in [-0.4, -0.2) is 17.8 Å². The third-order valence-corrected chi connectivity index (χ3v) is 5.85. The van der Waals surface area contributed by atoms with E-state index in [1.165, 1.54) is 38.5 Å². The predicted molar refractivity (Wildman–Crippen MR) is 76.2 cm³/mol. The quantitative estimate of drug-likeness (QED) is 0.807. The van der Waals surface area contributed by atoms with E-state index in [0.29, 0.717) is 12.5 Å². The Balaban J connectivity index is 1.98. The van der Waals surface area contributed by atoms with Crippen molar-refractivity contribution in [2.45, 2.75) is 71.3 Å². The zero-order valence-corrected chi connectivity index (χ0v) is 12.2. The molecule has 0 heterocycles. The van der Waals surface area contributed by atoms with Crippen molar-refractivity contribution in [3.63, 3.8) is 0 Å². The van der Waals surface area contributed by atoms with Crippen molar-refractivity contribution in [1.82, 2.24) is 0 Å². The molecule has 3 N–H and O–H groups in total. The van der Waals surface area contributed by atoms with Gasteiger partial charge >= 0.3 is 0 Å². The maximum absolute atomic E-state index is 10.8. The first-order valence-corrected chi connectivity index (χ1v) is 7.97. The molecule has 1 atom stereocenters. The van der Waals surface area contributed by atoms with Crippen LogP contribution in [0.5, 0.6) is 0 Å². The number of rotatable bonds is 4. The lowest BCUT2D eigenvalue weighted by molar-refractivity contribution is -0.0463. The fourth-order valence-corrected chi connectivity index (χ4v) is 4.28. The second kappa shape index (κ2) is 5.92. The fraction of sp³-hybridized carbons (Fsp3) is 1.00. The minimum Gasteiger partial charge on any atom is -0.392 e. The first-order valence-electron chi connectivity index (χ1n) is 7.97. The lowest BCUT2D eigenvalue weighted by atomic mass is 9.63. The van der Waals surface area contributed by atoms with Crippen molar-refractivity contribution in [1.29, 1.82) is 0 Å². The van der Waals surface area contributed by atoms with Crippen LogP contribution in [0.2, 0.25) is 0 Å². The van der Waals surface area contributed by atoms with Gasteiger partial charge in [0.05, 0.1) is 6.10 Å². The second-order valence-corrected chi connectivity index (χ2v) is 7.14. The van der Waals surface area contributed by atoms with Gasteiger partial charge in [0.25, 0.3) is 0 Å². The van der Waals surface area contributed by atoms with Crippen LogP contribution in [0.15, 0.2) is 0 Å². The monoisotopic (exact) mass is 253 g/mol. The van der Waals surface area contributed by atoms with Gasteiger partial charge in [0.2, 0.25) is 0 Å². The molecular formula is C16H31NO. The number of hydrogen-bond donors (Lipinski definition) is 2. The van der Waals surface area contributed by atoms with Gasteiger partial charge < -0.3 is 10.8 Å². The molecule has 0 spiro atoms. The molecule has 0 aromatic heterocycles. The average molecular weight is 253 g/mol. The van der Waals surface area contributed by atoms with Crippen LogP contribution in [0.3, 0.4) is 0 Å². The lowest BCUT2D eigenvalue weighted by Gasteiger charge is -2.45. The molecular weight excluding hydrogens is 222 g/mol. The molecule has 0 bridgehead atoms. The third-order valence-electron chi connectivity index (χ3n) is 5.85. The second-order valence-electron chi connectivity index (χ2n) is 7.14. The van der Waals surface area contributed by atoms with Gasteiger partial charge in [-0.2, -0.15) is 0 Å². The third kappa shape index (κ3) is 2.75. The summed E-state index contributed by atoms with van der Waals surface area (Å²) in [6.07, 6.45) is 9.71. The molecule has 1 unspecified atom stereocenters.